The highest BCUT2D eigenvalue weighted by Crippen LogP contribution is 2.31. The summed E-state index contributed by atoms with van der Waals surface area (Å²) < 4.78 is 9.84. The number of carbonyl (C=O) groups is 3. The van der Waals surface area contributed by atoms with Crippen molar-refractivity contribution in [1.29, 1.82) is 0 Å². The molecule has 0 aliphatic rings. The Morgan fingerprint density at radius 3 is 2.53 bits per heavy atom. The Morgan fingerprint density at radius 2 is 1.83 bits per heavy atom. The molecule has 0 aliphatic heterocycles. The number of amides is 3. The molecule has 9 heteroatoms. The van der Waals surface area contributed by atoms with Gasteiger partial charge in [-0.25, -0.2) is 9.59 Å². The molecule has 0 saturated heterocycles. The number of anilines is 2. The highest BCUT2D eigenvalue weighted by atomic mass is 16.6. The fourth-order valence-electron chi connectivity index (χ4n) is 3.12. The molecule has 1 aromatic heterocycles. The Bertz CT molecular complexity index is 1110. The molecule has 192 valence electrons. The highest BCUT2D eigenvalue weighted by molar-refractivity contribution is 5.97. The first-order valence-corrected chi connectivity index (χ1v) is 11.6. The molecular weight excluding hydrogens is 460 g/mol. The number of ether oxygens (including phenoxy) is 2. The number of methoxy groups -OCH3 is 1. The molecule has 0 aliphatic carbocycles. The second kappa shape index (κ2) is 13.7. The van der Waals surface area contributed by atoms with Crippen LogP contribution < -0.4 is 16.0 Å². The summed E-state index contributed by atoms with van der Waals surface area (Å²) in [6.45, 7) is 9.05. The first-order valence-electron chi connectivity index (χ1n) is 11.6. The first kappa shape index (κ1) is 28.1. The van der Waals surface area contributed by atoms with Gasteiger partial charge in [0.1, 0.15) is 5.60 Å². The van der Waals surface area contributed by atoms with Crippen molar-refractivity contribution in [1.82, 2.24) is 10.3 Å². The van der Waals surface area contributed by atoms with E-state index in [0.717, 1.165) is 16.8 Å². The average molecular weight is 495 g/mol. The lowest BCUT2D eigenvalue weighted by Gasteiger charge is -2.18. The van der Waals surface area contributed by atoms with Crippen molar-refractivity contribution in [2.45, 2.75) is 52.1 Å². The Morgan fingerprint density at radius 1 is 1.06 bits per heavy atom. The van der Waals surface area contributed by atoms with E-state index >= 15 is 0 Å². The zero-order chi connectivity index (χ0) is 26.6. The number of hydrogen-bond acceptors (Lipinski definition) is 6. The number of alkyl carbamates (subject to hydrolysis) is 1. The summed E-state index contributed by atoms with van der Waals surface area (Å²) >= 11 is 0. The molecule has 0 atom stereocenters. The van der Waals surface area contributed by atoms with Crippen LogP contribution in [0.25, 0.3) is 11.1 Å². The standard InChI is InChI=1S/C27H34N4O5/c1-6-7-11-24(32)31-23-18-21(30-26(34)35-5)12-13-22(23)19-14-16-28-20(17-19)10-8-9-15-29-25(33)36-27(2,3)4/h6,9,12-18H,1,7-8,10-11H2,2-5H3,(H,29,33)(H,30,34)(H,31,32). The minimum Gasteiger partial charge on any atom is -0.453 e. The lowest BCUT2D eigenvalue weighted by atomic mass is 10.0. The largest absolute Gasteiger partial charge is 0.453 e. The van der Waals surface area contributed by atoms with E-state index in [1.54, 1.807) is 51.4 Å². The van der Waals surface area contributed by atoms with Gasteiger partial charge in [0, 0.05) is 35.8 Å². The van der Waals surface area contributed by atoms with Crippen molar-refractivity contribution in [2.24, 2.45) is 0 Å². The quantitative estimate of drug-likeness (QED) is 0.359. The molecule has 0 saturated carbocycles. The van der Waals surface area contributed by atoms with Gasteiger partial charge < -0.3 is 14.8 Å². The van der Waals surface area contributed by atoms with Crippen LogP contribution in [0, 0.1) is 0 Å². The van der Waals surface area contributed by atoms with Gasteiger partial charge in [-0.3, -0.25) is 20.4 Å². The number of rotatable bonds is 10. The summed E-state index contributed by atoms with van der Waals surface area (Å²) in [5.41, 5.74) is 2.97. The van der Waals surface area contributed by atoms with Gasteiger partial charge in [-0.2, -0.15) is 0 Å². The van der Waals surface area contributed by atoms with Crippen molar-refractivity contribution in [2.75, 3.05) is 17.7 Å². The molecule has 3 N–H and O–H groups in total. The van der Waals surface area contributed by atoms with Crippen LogP contribution in [0.1, 0.15) is 45.7 Å². The first-order chi connectivity index (χ1) is 17.1. The van der Waals surface area contributed by atoms with E-state index in [4.69, 9.17) is 4.74 Å². The number of nitrogens with zero attached hydrogens (tertiary/aromatic N) is 1. The van der Waals surface area contributed by atoms with Crippen LogP contribution in [-0.2, 0) is 20.7 Å². The summed E-state index contributed by atoms with van der Waals surface area (Å²) in [6, 6.07) is 9.03. The van der Waals surface area contributed by atoms with Crippen LogP contribution >= 0.6 is 0 Å². The summed E-state index contributed by atoms with van der Waals surface area (Å²) in [6.07, 6.45) is 7.81. The predicted molar refractivity (Wildman–Crippen MR) is 141 cm³/mol. The molecule has 3 amide bonds. The number of hydrogen-bond donors (Lipinski definition) is 3. The van der Waals surface area contributed by atoms with Gasteiger partial charge in [0.25, 0.3) is 0 Å². The van der Waals surface area contributed by atoms with Gasteiger partial charge in [-0.15, -0.1) is 6.58 Å². The Kier molecular flexibility index (Phi) is 10.7. The number of aryl methyl sites for hydroxylation is 1. The van der Waals surface area contributed by atoms with E-state index in [0.29, 0.717) is 37.1 Å². The maximum atomic E-state index is 12.4. The Labute approximate surface area is 212 Å². The van der Waals surface area contributed by atoms with Crippen LogP contribution in [0.5, 0.6) is 0 Å². The van der Waals surface area contributed by atoms with E-state index in [2.05, 4.69) is 32.3 Å². The second-order valence-electron chi connectivity index (χ2n) is 8.88. The average Bonchev–Trinajstić information content (AvgIpc) is 2.81. The molecule has 2 aromatic rings. The smallest absolute Gasteiger partial charge is 0.411 e. The molecular formula is C27H34N4O5. The molecule has 0 radical (unpaired) electrons. The van der Waals surface area contributed by atoms with Crippen molar-refractivity contribution in [3.8, 4) is 11.1 Å². The molecule has 0 spiro atoms. The van der Waals surface area contributed by atoms with Gasteiger partial charge in [0.15, 0.2) is 0 Å². The van der Waals surface area contributed by atoms with Gasteiger partial charge in [-0.1, -0.05) is 18.2 Å². The maximum absolute atomic E-state index is 12.4. The third-order valence-corrected chi connectivity index (χ3v) is 4.71. The molecule has 0 fully saturated rings. The third kappa shape index (κ3) is 10.0. The zero-order valence-electron chi connectivity index (χ0n) is 21.2. The minimum atomic E-state index is -0.605. The zero-order valence-corrected chi connectivity index (χ0v) is 21.2. The van der Waals surface area contributed by atoms with E-state index < -0.39 is 17.8 Å². The van der Waals surface area contributed by atoms with Crippen molar-refractivity contribution >= 4 is 29.5 Å². The van der Waals surface area contributed by atoms with E-state index in [1.165, 1.54) is 7.11 Å². The normalized spacial score (nSPS) is 11.0. The van der Waals surface area contributed by atoms with Crippen molar-refractivity contribution < 1.29 is 23.9 Å². The lowest BCUT2D eigenvalue weighted by molar-refractivity contribution is -0.116. The molecule has 36 heavy (non-hydrogen) atoms. The second-order valence-corrected chi connectivity index (χ2v) is 8.88. The van der Waals surface area contributed by atoms with Crippen LogP contribution in [0.3, 0.4) is 0 Å². The number of pyridine rings is 1. The highest BCUT2D eigenvalue weighted by Gasteiger charge is 2.15. The van der Waals surface area contributed by atoms with Crippen LogP contribution in [0.4, 0.5) is 21.0 Å². The molecule has 1 aromatic carbocycles. The van der Waals surface area contributed by atoms with Gasteiger partial charge in [-0.05, 0) is 69.9 Å². The fourth-order valence-corrected chi connectivity index (χ4v) is 3.12. The lowest BCUT2D eigenvalue weighted by Crippen LogP contribution is -2.29. The number of allylic oxidation sites excluding steroid dienone is 2. The van der Waals surface area contributed by atoms with Gasteiger partial charge in [0.2, 0.25) is 5.91 Å². The van der Waals surface area contributed by atoms with Crippen LogP contribution in [0.15, 0.2) is 61.5 Å². The third-order valence-electron chi connectivity index (χ3n) is 4.71. The van der Waals surface area contributed by atoms with Gasteiger partial charge in [0.05, 0.1) is 12.8 Å². The SMILES string of the molecule is C=CCCC(=O)Nc1cc(NC(=O)OC)ccc1-c1ccnc(CCC=CNC(=O)OC(C)(C)C)c1. The van der Waals surface area contributed by atoms with Gasteiger partial charge >= 0.3 is 12.2 Å². The molecule has 9 nitrogen and oxygen atoms in total. The monoisotopic (exact) mass is 494 g/mol. The summed E-state index contributed by atoms with van der Waals surface area (Å²) in [5.74, 6) is -0.164. The number of carbonyl (C=O) groups excluding carboxylic acids is 3. The summed E-state index contributed by atoms with van der Waals surface area (Å²) in [4.78, 5) is 40.2. The van der Waals surface area contributed by atoms with E-state index in [9.17, 15) is 14.4 Å². The van der Waals surface area contributed by atoms with Crippen molar-refractivity contribution in [3.05, 3.63) is 67.2 Å². The summed E-state index contributed by atoms with van der Waals surface area (Å²) in [7, 11) is 1.28. The molecule has 1 heterocycles. The Hall–Kier alpha value is -4.14. The molecule has 0 bridgehead atoms. The number of aromatic nitrogens is 1. The van der Waals surface area contributed by atoms with E-state index in [1.807, 2.05) is 24.3 Å². The van der Waals surface area contributed by atoms with Crippen LogP contribution in [0.2, 0.25) is 0 Å². The number of nitrogens with one attached hydrogen (secondary N) is 3. The Balaban J connectivity index is 2.15. The maximum Gasteiger partial charge on any atom is 0.411 e. The van der Waals surface area contributed by atoms with Crippen LogP contribution in [-0.4, -0.2) is 35.8 Å². The molecule has 2 rings (SSSR count). The number of benzene rings is 1. The molecule has 0 unspecified atom stereocenters. The minimum absolute atomic E-state index is 0.164. The van der Waals surface area contributed by atoms with E-state index in [-0.39, 0.29) is 5.91 Å². The van der Waals surface area contributed by atoms with Crippen molar-refractivity contribution in [3.63, 3.8) is 0 Å². The summed E-state index contributed by atoms with van der Waals surface area (Å²) in [5, 5.41) is 8.11. The fraction of sp³-hybridized carbons (Fsp3) is 0.333. The topological polar surface area (TPSA) is 119 Å². The predicted octanol–water partition coefficient (Wildman–Crippen LogP) is 5.80.